The molecule has 4 heterocycles. The van der Waals surface area contributed by atoms with Crippen LogP contribution in [0.4, 0.5) is 5.69 Å². The van der Waals surface area contributed by atoms with Crippen LogP contribution in [-0.4, -0.2) is 138 Å². The molecule has 0 saturated carbocycles. The molecule has 0 fully saturated rings. The number of benzene rings is 3. The standard InChI is InChI=1S/C15H16N2O3S3.C12H12N2OS2.C8H6N2OS.C4H9ClS.C3H7NO2S.2CH2O3.ClH.HI.4K.Na.H/c1-2-21-6-5-20-9-3-4-10-12(7-9)23-14(16-10)13-17-11(8-22-13)15(18)19;1-2-16-6-5-15-9-3-4-10-11(7-9)17-12(8-13)14-10;9-4-8-10-6-2-1-5(11)3-7(6)12-8;1-2-6-4-3-5;4-2(1-7)3(5)6;2*2-1-4-3;;;;;;;;/h3-4,7,11H,2,5-6,8H2,1H3,(H,18,19);3-4,7H,2,5-6H2,1H3;1-3,8,10-11H;2-4H2,1H3;2,7H,1,4H2,(H,5,6);2*1,3H;2*1H;;;;;;/q;;;;;;;;;5*+1;-1/p-3/t11-;;;;2-;;;;;;;;;;/m1...1........../s1. The molecule has 2 aliphatic heterocycles. The number of phenolic OH excluding ortho intramolecular Hbond substituents is 1. The van der Waals surface area contributed by atoms with Gasteiger partial charge in [0.15, 0.2) is 16.4 Å². The zero-order valence-electron chi connectivity index (χ0n) is 46.1. The molecule has 20 nitrogen and oxygen atoms in total. The summed E-state index contributed by atoms with van der Waals surface area (Å²) < 4.78 is 13.4. The number of aromatic nitrogens is 2. The van der Waals surface area contributed by atoms with Crippen LogP contribution in [0.25, 0.3) is 20.4 Å². The number of carbonyl (C=O) groups is 4. The first-order chi connectivity index (χ1) is 35.2. The maximum absolute atomic E-state index is 11.0. The van der Waals surface area contributed by atoms with E-state index in [1.54, 1.807) is 18.2 Å². The number of rotatable bonds is 19. The van der Waals surface area contributed by atoms with Crippen molar-refractivity contribution in [3.05, 3.63) is 64.6 Å². The number of thiol groups is 1. The Kier molecular flexibility index (Phi) is 77.1. The minimum atomic E-state index is -1.00. The number of alkyl halides is 1. The first-order valence-electron chi connectivity index (χ1n) is 21.1. The minimum absolute atomic E-state index is 0. The number of nitriles is 2. The average Bonchev–Trinajstić information content (AvgIpc) is 4.24. The van der Waals surface area contributed by atoms with Gasteiger partial charge in [-0.25, -0.2) is 14.8 Å². The number of carbonyl (C=O) groups excluding carboxylic acids is 2. The van der Waals surface area contributed by atoms with Crippen LogP contribution in [0, 0.1) is 22.7 Å². The Hall–Kier alpha value is 4.01. The summed E-state index contributed by atoms with van der Waals surface area (Å²) in [6, 6.07) is 19.3. The molecule has 0 spiro atoms. The van der Waals surface area contributed by atoms with Gasteiger partial charge in [0.2, 0.25) is 0 Å². The number of carboxylic acids is 2. The van der Waals surface area contributed by atoms with Crippen LogP contribution in [0.1, 0.15) is 32.2 Å². The Morgan fingerprint density at radius 3 is 1.79 bits per heavy atom. The van der Waals surface area contributed by atoms with Crippen molar-refractivity contribution in [3.63, 3.8) is 0 Å². The summed E-state index contributed by atoms with van der Waals surface area (Å²) in [6.45, 7) is 7.45. The number of thiazole rings is 2. The van der Waals surface area contributed by atoms with E-state index in [2.05, 4.69) is 75.6 Å². The first-order valence-corrected chi connectivity index (χ1v) is 29.2. The normalized spacial score (nSPS) is 12.5. The molecule has 0 saturated heterocycles. The number of hydrogen-bond acceptors (Lipinski definition) is 26. The molecule has 0 radical (unpaired) electrons. The first kappa shape index (κ1) is 97.6. The second-order valence-corrected chi connectivity index (χ2v) is 22.1. The quantitative estimate of drug-likeness (QED) is 0.00515. The molecule has 80 heavy (non-hydrogen) atoms. The van der Waals surface area contributed by atoms with E-state index < -0.39 is 24.0 Å². The number of aliphatic imine (C=N–C) groups is 1. The SMILES string of the molecule is CCSCCCl.CCSCCOc1ccc2nc(C#N)sc2c1.CCSCCOc1ccc2nc(C3=N[C@@H](C(=O)O)CS3)sc2c1.Cl.N#CC1Nc2ccc(O)cc2S1.N[C@H](CS)C(=O)O.O=CO[O-].O=CO[O-].[H-].[I-].[K+].[K+].[K+].[K+].[Na+]. The Morgan fingerprint density at radius 2 is 1.39 bits per heavy atom. The van der Waals surface area contributed by atoms with E-state index in [0.29, 0.717) is 24.0 Å². The summed E-state index contributed by atoms with van der Waals surface area (Å²) in [5.41, 5.74) is 7.61. The van der Waals surface area contributed by atoms with Crippen LogP contribution in [0.5, 0.6) is 17.2 Å². The third kappa shape index (κ3) is 43.7. The van der Waals surface area contributed by atoms with Crippen LogP contribution in [0.3, 0.4) is 0 Å². The smallest absolute Gasteiger partial charge is 1.00 e. The molecule has 7 rings (SSSR count). The van der Waals surface area contributed by atoms with Gasteiger partial charge in [0, 0.05) is 45.2 Å². The van der Waals surface area contributed by atoms with Crippen molar-refractivity contribution in [1.29, 1.82) is 10.5 Å². The Morgan fingerprint density at radius 1 is 0.887 bits per heavy atom. The zero-order valence-corrected chi connectivity index (χ0v) is 69.9. The van der Waals surface area contributed by atoms with Gasteiger partial charge in [-0.05, 0) is 71.9 Å². The molecular weight excluding hydrogens is 1470 g/mol. The third-order valence-corrected chi connectivity index (χ3v) is 15.6. The maximum atomic E-state index is 11.0. The summed E-state index contributed by atoms with van der Waals surface area (Å²) >= 11 is 20.4. The average molecular weight is 1520 g/mol. The number of aliphatic carboxylic acids is 2. The minimum Gasteiger partial charge on any atom is -1.00 e. The van der Waals surface area contributed by atoms with E-state index in [9.17, 15) is 9.59 Å². The predicted molar refractivity (Wildman–Crippen MR) is 304 cm³/mol. The molecule has 1 unspecified atom stereocenters. The Labute approximate surface area is 722 Å². The predicted octanol–water partition coefficient (Wildman–Crippen LogP) is -10.8. The number of hydrogen-bond donors (Lipinski definition) is 6. The summed E-state index contributed by atoms with van der Waals surface area (Å²) in [4.78, 5) is 57.1. The number of carboxylic acid groups (broad SMARTS) is 2. The van der Waals surface area contributed by atoms with Crippen molar-refractivity contribution in [3.8, 4) is 29.4 Å². The number of fused-ring (bicyclic) bond motifs is 3. The van der Waals surface area contributed by atoms with Crippen molar-refractivity contribution in [2.45, 2.75) is 43.1 Å². The summed E-state index contributed by atoms with van der Waals surface area (Å²) in [7, 11) is 0. The van der Waals surface area contributed by atoms with E-state index in [-0.39, 0.29) is 303 Å². The van der Waals surface area contributed by atoms with Crippen LogP contribution in [-0.2, 0) is 29.0 Å². The van der Waals surface area contributed by atoms with E-state index in [1.165, 1.54) is 52.0 Å². The number of nitrogens with zero attached hydrogens (tertiary/aromatic N) is 5. The van der Waals surface area contributed by atoms with Gasteiger partial charge in [-0.15, -0.1) is 58.4 Å². The van der Waals surface area contributed by atoms with Crippen molar-refractivity contribution in [1.82, 2.24) is 9.97 Å². The number of ether oxygens (including phenoxy) is 2. The molecule has 6 N–H and O–H groups in total. The largest absolute Gasteiger partial charge is 1.00 e. The fraction of sp³-hybridized carbons (Fsp3) is 0.386. The van der Waals surface area contributed by atoms with E-state index >= 15 is 0 Å². The summed E-state index contributed by atoms with van der Waals surface area (Å²) in [5.74, 6) is 7.97. The summed E-state index contributed by atoms with van der Waals surface area (Å²) in [5, 5.41) is 65.2. The number of nitrogens with two attached hydrogens (primary N) is 1. The van der Waals surface area contributed by atoms with Gasteiger partial charge >= 0.3 is 247 Å². The molecule has 3 atom stereocenters. The van der Waals surface area contributed by atoms with Gasteiger partial charge in [-0.1, -0.05) is 32.5 Å². The fourth-order valence-electron chi connectivity index (χ4n) is 4.83. The molecular formula is C44H54Cl2IK4N7NaO13S8+. The number of anilines is 1. The topological polar surface area (TPSA) is 336 Å². The molecule has 0 bridgehead atoms. The van der Waals surface area contributed by atoms with Crippen LogP contribution in [0.15, 0.2) is 64.5 Å². The maximum Gasteiger partial charge on any atom is 1.00 e. The van der Waals surface area contributed by atoms with Gasteiger partial charge in [-0.3, -0.25) is 19.4 Å². The monoisotopic (exact) mass is 1520 g/mol. The third-order valence-electron chi connectivity index (χ3n) is 7.97. The van der Waals surface area contributed by atoms with E-state index in [4.69, 9.17) is 72.8 Å². The van der Waals surface area contributed by atoms with Gasteiger partial charge in [0.25, 0.3) is 12.9 Å². The van der Waals surface area contributed by atoms with Crippen molar-refractivity contribution in [2.24, 2.45) is 10.7 Å². The molecule has 5 aromatic rings. The number of aromatic hydroxyl groups is 1. The molecule has 2 aliphatic rings. The number of nitrogens with one attached hydrogen (secondary N) is 1. The van der Waals surface area contributed by atoms with Crippen LogP contribution in [0.2, 0.25) is 0 Å². The molecule has 0 aliphatic carbocycles. The van der Waals surface area contributed by atoms with Gasteiger partial charge in [0.1, 0.15) is 39.4 Å². The van der Waals surface area contributed by atoms with Crippen molar-refractivity contribution < 1.29 is 325 Å². The second kappa shape index (κ2) is 63.2. The van der Waals surface area contributed by atoms with Gasteiger partial charge in [-0.2, -0.15) is 58.4 Å². The molecule has 2 aromatic heterocycles. The number of phenols is 1. The van der Waals surface area contributed by atoms with Crippen LogP contribution < -0.4 is 290 Å². The van der Waals surface area contributed by atoms with Crippen LogP contribution >= 0.6 is 118 Å². The fourth-order valence-corrected chi connectivity index (χ4v) is 10.5. The van der Waals surface area contributed by atoms with Gasteiger partial charge in [0.05, 0.1) is 39.7 Å². The Bertz CT molecular complexity index is 2570. The molecule has 0 amide bonds. The molecule has 416 valence electrons. The molecule has 3 aromatic carbocycles. The van der Waals surface area contributed by atoms with E-state index in [0.717, 1.165) is 87.2 Å². The van der Waals surface area contributed by atoms with Crippen molar-refractivity contribution >= 4 is 174 Å². The number of thioether (sulfide) groups is 5. The number of halogens is 3. The second-order valence-electron chi connectivity index (χ2n) is 12.9. The van der Waals surface area contributed by atoms with E-state index in [1.807, 2.05) is 71.7 Å². The summed E-state index contributed by atoms with van der Waals surface area (Å²) in [6.07, 6.45) is 0. The molecule has 36 heteroatoms. The van der Waals surface area contributed by atoms with Crippen molar-refractivity contribution in [2.75, 3.05) is 70.4 Å². The van der Waals surface area contributed by atoms with Gasteiger partial charge < -0.3 is 81.5 Å². The Balaban J connectivity index is -0.000000137. The zero-order chi connectivity index (χ0) is 54.4.